The second-order valence-electron chi connectivity index (χ2n) is 4.06. The molecule has 0 aromatic heterocycles. The van der Waals surface area contributed by atoms with Gasteiger partial charge in [0, 0.05) is 26.7 Å². The molecule has 3 heteroatoms. The normalized spacial score (nSPS) is 13.0. The maximum absolute atomic E-state index is 5.14. The third-order valence-corrected chi connectivity index (χ3v) is 2.52. The number of methoxy groups -OCH3 is 1. The Labute approximate surface area is 95.0 Å². The van der Waals surface area contributed by atoms with Gasteiger partial charge in [-0.1, -0.05) is 26.2 Å². The summed E-state index contributed by atoms with van der Waals surface area (Å²) in [6.45, 7) is 8.50. The molecule has 0 bridgehead atoms. The summed E-state index contributed by atoms with van der Waals surface area (Å²) >= 11 is 0. The fourth-order valence-corrected chi connectivity index (χ4v) is 1.37. The molecule has 0 aliphatic rings. The van der Waals surface area contributed by atoms with Crippen molar-refractivity contribution in [2.24, 2.45) is 0 Å². The Morgan fingerprint density at radius 3 is 2.40 bits per heavy atom. The first-order valence-electron chi connectivity index (χ1n) is 6.25. The van der Waals surface area contributed by atoms with Crippen molar-refractivity contribution in [1.82, 2.24) is 10.6 Å². The van der Waals surface area contributed by atoms with Crippen molar-refractivity contribution >= 4 is 0 Å². The number of hydrogen-bond donors (Lipinski definition) is 2. The molecular weight excluding hydrogens is 188 g/mol. The average Bonchev–Trinajstić information content (AvgIpc) is 2.26. The molecule has 0 saturated heterocycles. The Hall–Kier alpha value is -0.120. The van der Waals surface area contributed by atoms with Crippen LogP contribution in [0.5, 0.6) is 0 Å². The summed E-state index contributed by atoms with van der Waals surface area (Å²) in [5.41, 5.74) is 0. The number of nitrogens with one attached hydrogen (secondary N) is 2. The van der Waals surface area contributed by atoms with E-state index in [0.29, 0.717) is 6.10 Å². The third-order valence-electron chi connectivity index (χ3n) is 2.52. The van der Waals surface area contributed by atoms with Gasteiger partial charge in [0.15, 0.2) is 0 Å². The highest BCUT2D eigenvalue weighted by Gasteiger charge is 1.96. The van der Waals surface area contributed by atoms with Crippen LogP contribution in [-0.4, -0.2) is 39.4 Å². The molecule has 0 saturated carbocycles. The van der Waals surface area contributed by atoms with Crippen LogP contribution in [0.3, 0.4) is 0 Å². The molecule has 15 heavy (non-hydrogen) atoms. The molecule has 0 amide bonds. The second kappa shape index (κ2) is 12.0. The fourth-order valence-electron chi connectivity index (χ4n) is 1.37. The van der Waals surface area contributed by atoms with Crippen molar-refractivity contribution in [2.75, 3.05) is 33.3 Å². The van der Waals surface area contributed by atoms with Crippen LogP contribution >= 0.6 is 0 Å². The fraction of sp³-hybridized carbons (Fsp3) is 1.00. The number of rotatable bonds is 11. The minimum atomic E-state index is 0.314. The molecule has 0 aliphatic carbocycles. The van der Waals surface area contributed by atoms with Gasteiger partial charge in [0.2, 0.25) is 0 Å². The van der Waals surface area contributed by atoms with E-state index in [9.17, 15) is 0 Å². The van der Waals surface area contributed by atoms with Gasteiger partial charge in [-0.05, 0) is 19.9 Å². The van der Waals surface area contributed by atoms with E-state index in [1.807, 2.05) is 0 Å². The van der Waals surface area contributed by atoms with Crippen LogP contribution < -0.4 is 10.6 Å². The van der Waals surface area contributed by atoms with E-state index >= 15 is 0 Å². The zero-order valence-corrected chi connectivity index (χ0v) is 10.6. The molecule has 0 radical (unpaired) electrons. The van der Waals surface area contributed by atoms with E-state index in [-0.39, 0.29) is 0 Å². The van der Waals surface area contributed by atoms with Crippen LogP contribution in [-0.2, 0) is 4.74 Å². The van der Waals surface area contributed by atoms with Crippen molar-refractivity contribution in [3.8, 4) is 0 Å². The molecule has 2 N–H and O–H groups in total. The molecule has 1 unspecified atom stereocenters. The van der Waals surface area contributed by atoms with Gasteiger partial charge in [0.1, 0.15) is 0 Å². The topological polar surface area (TPSA) is 33.3 Å². The van der Waals surface area contributed by atoms with E-state index in [1.54, 1.807) is 7.11 Å². The largest absolute Gasteiger partial charge is 0.380 e. The molecule has 0 fully saturated rings. The van der Waals surface area contributed by atoms with Gasteiger partial charge >= 0.3 is 0 Å². The summed E-state index contributed by atoms with van der Waals surface area (Å²) in [6.07, 6.45) is 5.66. The van der Waals surface area contributed by atoms with Gasteiger partial charge in [-0.15, -0.1) is 0 Å². The lowest BCUT2D eigenvalue weighted by molar-refractivity contribution is 0.117. The van der Waals surface area contributed by atoms with Crippen molar-refractivity contribution in [3.63, 3.8) is 0 Å². The smallest absolute Gasteiger partial charge is 0.0667 e. The zero-order valence-electron chi connectivity index (χ0n) is 10.6. The standard InChI is InChI=1S/C12H28N2O/c1-4-5-6-7-8-13-9-10-14-11-12(2)15-3/h12-14H,4-11H2,1-3H3. The summed E-state index contributed by atoms with van der Waals surface area (Å²) in [4.78, 5) is 0. The molecule has 0 aromatic carbocycles. The predicted molar refractivity (Wildman–Crippen MR) is 66.4 cm³/mol. The van der Waals surface area contributed by atoms with Crippen LogP contribution in [0.4, 0.5) is 0 Å². The highest BCUT2D eigenvalue weighted by Crippen LogP contribution is 1.96. The molecule has 0 aliphatic heterocycles. The second-order valence-corrected chi connectivity index (χ2v) is 4.06. The van der Waals surface area contributed by atoms with Crippen molar-refractivity contribution in [3.05, 3.63) is 0 Å². The molecule has 1 atom stereocenters. The van der Waals surface area contributed by atoms with Gasteiger partial charge < -0.3 is 15.4 Å². The molecule has 3 nitrogen and oxygen atoms in total. The first-order chi connectivity index (χ1) is 7.31. The lowest BCUT2D eigenvalue weighted by Crippen LogP contribution is -2.32. The van der Waals surface area contributed by atoms with Gasteiger partial charge in [-0.25, -0.2) is 0 Å². The van der Waals surface area contributed by atoms with E-state index in [0.717, 1.165) is 26.2 Å². The lowest BCUT2D eigenvalue weighted by atomic mass is 10.2. The monoisotopic (exact) mass is 216 g/mol. The summed E-state index contributed by atoms with van der Waals surface area (Å²) in [6, 6.07) is 0. The first kappa shape index (κ1) is 14.9. The van der Waals surface area contributed by atoms with E-state index in [2.05, 4.69) is 24.5 Å². The number of ether oxygens (including phenoxy) is 1. The van der Waals surface area contributed by atoms with Crippen LogP contribution in [0.2, 0.25) is 0 Å². The Morgan fingerprint density at radius 1 is 1.00 bits per heavy atom. The van der Waals surface area contributed by atoms with Crippen LogP contribution in [0, 0.1) is 0 Å². The first-order valence-corrected chi connectivity index (χ1v) is 6.25. The van der Waals surface area contributed by atoms with Gasteiger partial charge in [0.05, 0.1) is 6.10 Å². The van der Waals surface area contributed by atoms with Crippen molar-refractivity contribution in [1.29, 1.82) is 0 Å². The van der Waals surface area contributed by atoms with Crippen molar-refractivity contribution in [2.45, 2.75) is 45.6 Å². The number of hydrogen-bond acceptors (Lipinski definition) is 3. The maximum atomic E-state index is 5.14. The van der Waals surface area contributed by atoms with Crippen LogP contribution in [0.15, 0.2) is 0 Å². The van der Waals surface area contributed by atoms with Gasteiger partial charge in [-0.2, -0.15) is 0 Å². The summed E-state index contributed by atoms with van der Waals surface area (Å²) in [5, 5.41) is 6.78. The minimum absolute atomic E-state index is 0.314. The molecule has 0 rings (SSSR count). The lowest BCUT2D eigenvalue weighted by Gasteiger charge is -2.10. The molecular formula is C12H28N2O. The van der Waals surface area contributed by atoms with Crippen LogP contribution in [0.1, 0.15) is 39.5 Å². The van der Waals surface area contributed by atoms with E-state index in [4.69, 9.17) is 4.74 Å². The van der Waals surface area contributed by atoms with Gasteiger partial charge in [-0.3, -0.25) is 0 Å². The number of unbranched alkanes of at least 4 members (excludes halogenated alkanes) is 3. The third kappa shape index (κ3) is 11.8. The summed E-state index contributed by atoms with van der Waals surface area (Å²) < 4.78 is 5.14. The molecule has 0 aromatic rings. The summed E-state index contributed by atoms with van der Waals surface area (Å²) in [5.74, 6) is 0. The quantitative estimate of drug-likeness (QED) is 0.517. The van der Waals surface area contributed by atoms with E-state index in [1.165, 1.54) is 25.7 Å². The van der Waals surface area contributed by atoms with Crippen LogP contribution in [0.25, 0.3) is 0 Å². The Bertz CT molecular complexity index is 120. The molecule has 0 heterocycles. The zero-order chi connectivity index (χ0) is 11.4. The van der Waals surface area contributed by atoms with E-state index < -0.39 is 0 Å². The Morgan fingerprint density at radius 2 is 1.73 bits per heavy atom. The van der Waals surface area contributed by atoms with Crippen molar-refractivity contribution < 1.29 is 4.74 Å². The highest BCUT2D eigenvalue weighted by molar-refractivity contribution is 4.56. The average molecular weight is 216 g/mol. The Balaban J connectivity index is 2.92. The SMILES string of the molecule is CCCCCCNCCNCC(C)OC. The Kier molecular flexibility index (Phi) is 11.9. The summed E-state index contributed by atoms with van der Waals surface area (Å²) in [7, 11) is 1.75. The highest BCUT2D eigenvalue weighted by atomic mass is 16.5. The molecule has 0 spiro atoms. The van der Waals surface area contributed by atoms with Gasteiger partial charge in [0.25, 0.3) is 0 Å². The molecule has 92 valence electrons. The predicted octanol–water partition coefficient (Wildman–Crippen LogP) is 1.78. The minimum Gasteiger partial charge on any atom is -0.380 e. The maximum Gasteiger partial charge on any atom is 0.0667 e.